The molecule has 4 heterocycles. The van der Waals surface area contributed by atoms with Gasteiger partial charge >= 0.3 is 5.16 Å². The van der Waals surface area contributed by atoms with Crippen molar-refractivity contribution in [1.29, 1.82) is 0 Å². The van der Waals surface area contributed by atoms with Crippen LogP contribution in [0, 0.1) is 13.8 Å². The molecule has 0 aliphatic carbocycles. The van der Waals surface area contributed by atoms with Crippen molar-refractivity contribution in [3.8, 4) is 11.5 Å². The van der Waals surface area contributed by atoms with Gasteiger partial charge in [-0.2, -0.15) is 4.98 Å². The summed E-state index contributed by atoms with van der Waals surface area (Å²) in [6, 6.07) is 32.2. The number of methoxy groups -OCH3 is 2. The number of aromatic amines is 2. The number of imidazole rings is 1. The Kier molecular flexibility index (Phi) is 10.7. The van der Waals surface area contributed by atoms with Gasteiger partial charge in [0, 0.05) is 63.6 Å². The number of pyridine rings is 1. The lowest BCUT2D eigenvalue weighted by Crippen LogP contribution is -2.46. The Bertz CT molecular complexity index is 2520. The lowest BCUT2D eigenvalue weighted by atomic mass is 10.0. The number of anilines is 1. The number of likely N-dealkylation sites (N-methyl/N-ethyl adjacent to an activating group) is 1. The van der Waals surface area contributed by atoms with Crippen molar-refractivity contribution in [3.63, 3.8) is 0 Å². The fourth-order valence-corrected chi connectivity index (χ4v) is 7.55. The minimum Gasteiger partial charge on any atom is -0.609 e. The summed E-state index contributed by atoms with van der Waals surface area (Å²) < 4.78 is 23.3. The number of ether oxygens (including phenoxy) is 2. The maximum Gasteiger partial charge on any atom is 0.322 e. The largest absolute Gasteiger partial charge is 0.609 e. The van der Waals surface area contributed by atoms with E-state index in [9.17, 15) is 14.1 Å². The summed E-state index contributed by atoms with van der Waals surface area (Å²) in [5.41, 5.74) is 8.53. The van der Waals surface area contributed by atoms with E-state index in [1.54, 1.807) is 38.4 Å². The number of carbonyl (C=O) groups excluding carboxylic acids is 2. The Hall–Kier alpha value is -6.44. The molecule has 7 aromatic rings. The molecule has 0 saturated carbocycles. The minimum absolute atomic E-state index is 0.277. The van der Waals surface area contributed by atoms with E-state index in [0.717, 1.165) is 61.3 Å². The fraction of sp³-hybridized carbons (Fsp3) is 0.167. The number of aliphatic imine (C=N–C) groups is 1. The molecule has 1 aliphatic rings. The van der Waals surface area contributed by atoms with Gasteiger partial charge in [-0.25, -0.2) is 4.99 Å². The maximum absolute atomic E-state index is 13.2. The van der Waals surface area contributed by atoms with Crippen molar-refractivity contribution in [2.24, 2.45) is 4.99 Å². The van der Waals surface area contributed by atoms with Crippen LogP contribution in [0.1, 0.15) is 38.4 Å². The highest BCUT2D eigenvalue weighted by Gasteiger charge is 2.31. The zero-order valence-corrected chi connectivity index (χ0v) is 31.7. The number of fused-ring (bicyclic) bond motifs is 3. The van der Waals surface area contributed by atoms with Crippen LogP contribution in [0.4, 0.5) is 5.69 Å². The van der Waals surface area contributed by atoms with Crippen LogP contribution in [0.5, 0.6) is 11.5 Å². The lowest BCUT2D eigenvalue weighted by Gasteiger charge is -2.20. The predicted molar refractivity (Wildman–Crippen MR) is 215 cm³/mol. The summed E-state index contributed by atoms with van der Waals surface area (Å²) >= 11 is -1.33. The smallest absolute Gasteiger partial charge is 0.322 e. The standard InChI is InChI=1S/C25H20N4O2.C17H19N3O3S/c1-29-21-14-8-6-12-18(21)22(16-9-3-2-4-10-16)27-23(25(29)31)28-24(30)20-15-17-11-5-7-13-19(17)26-20;1-10-8-18-15(11(2)16(10)23-4)9-24(21)17-19-13-6-5-12(22-3)7-14(13)20-17/h2-15,23,26H,1H3,(H,28,30);5-8H,9H2,1-4H3,(H,19,20)/t23-;/m1./s1. The third kappa shape index (κ3) is 7.66. The number of nitrogens with zero attached hydrogens (tertiary/aromatic N) is 4. The Balaban J connectivity index is 0.000000175. The van der Waals surface area contributed by atoms with Crippen molar-refractivity contribution in [2.75, 3.05) is 26.2 Å². The highest BCUT2D eigenvalue weighted by Crippen LogP contribution is 2.29. The molecular weight excluding hydrogens is 715 g/mol. The van der Waals surface area contributed by atoms with Gasteiger partial charge in [0.25, 0.3) is 11.8 Å². The molecule has 0 bridgehead atoms. The van der Waals surface area contributed by atoms with Gasteiger partial charge in [0.15, 0.2) is 5.75 Å². The van der Waals surface area contributed by atoms with Crippen LogP contribution in [-0.4, -0.2) is 69.4 Å². The highest BCUT2D eigenvalue weighted by molar-refractivity contribution is 7.90. The van der Waals surface area contributed by atoms with Crippen LogP contribution in [-0.2, 0) is 21.7 Å². The number of hydrogen-bond acceptors (Lipinski definition) is 8. The second kappa shape index (κ2) is 15.9. The van der Waals surface area contributed by atoms with Gasteiger partial charge in [0.1, 0.15) is 17.2 Å². The fourth-order valence-electron chi connectivity index (χ4n) is 6.45. The van der Waals surface area contributed by atoms with E-state index in [4.69, 9.17) is 14.5 Å². The first kappa shape index (κ1) is 36.9. The predicted octanol–water partition coefficient (Wildman–Crippen LogP) is 6.64. The number of aromatic nitrogens is 4. The summed E-state index contributed by atoms with van der Waals surface area (Å²) in [5, 5.41) is 4.16. The SMILES string of the molecule is CN1C(=O)[C@@H](NC(=O)c2cc3ccccc3[nH]2)N=C(c2ccccc2)c2ccccc21.COc1ccc2[nH]c([S+]([O-])Cc3ncc(C)c(OC)c3C)nc2c1. The number of para-hydroxylation sites is 2. The lowest BCUT2D eigenvalue weighted by molar-refractivity contribution is -0.119. The maximum atomic E-state index is 13.2. The van der Waals surface area contributed by atoms with Crippen LogP contribution in [0.25, 0.3) is 21.9 Å². The third-order valence-electron chi connectivity index (χ3n) is 9.33. The van der Waals surface area contributed by atoms with Crippen LogP contribution >= 0.6 is 0 Å². The van der Waals surface area contributed by atoms with Crippen LogP contribution in [0.3, 0.4) is 0 Å². The highest BCUT2D eigenvalue weighted by atomic mass is 32.2. The average Bonchev–Trinajstić information content (AvgIpc) is 3.83. The zero-order chi connectivity index (χ0) is 38.6. The van der Waals surface area contributed by atoms with Gasteiger partial charge in [-0.1, -0.05) is 66.7 Å². The molecule has 3 N–H and O–H groups in total. The van der Waals surface area contributed by atoms with Crippen molar-refractivity contribution in [3.05, 3.63) is 143 Å². The van der Waals surface area contributed by atoms with Crippen molar-refractivity contribution in [2.45, 2.75) is 30.9 Å². The number of benzodiazepines with no additional fused rings is 1. The molecule has 0 radical (unpaired) electrons. The topological polar surface area (TPSA) is 161 Å². The van der Waals surface area contributed by atoms with Gasteiger partial charge in [0.05, 0.1) is 42.3 Å². The molecule has 1 unspecified atom stereocenters. The number of nitrogens with one attached hydrogen (secondary N) is 3. The molecule has 0 spiro atoms. The van der Waals surface area contributed by atoms with E-state index in [0.29, 0.717) is 22.3 Å². The number of amides is 2. The minimum atomic E-state index is -1.33. The van der Waals surface area contributed by atoms with Crippen molar-refractivity contribution >= 4 is 56.3 Å². The molecule has 8 rings (SSSR count). The number of benzene rings is 4. The van der Waals surface area contributed by atoms with E-state index < -0.39 is 17.3 Å². The molecule has 4 aromatic carbocycles. The van der Waals surface area contributed by atoms with E-state index in [1.165, 1.54) is 0 Å². The number of aryl methyl sites for hydroxylation is 1. The molecule has 2 atom stereocenters. The van der Waals surface area contributed by atoms with E-state index in [-0.39, 0.29) is 17.6 Å². The monoisotopic (exact) mass is 753 g/mol. The van der Waals surface area contributed by atoms with Crippen LogP contribution in [0.15, 0.2) is 119 Å². The van der Waals surface area contributed by atoms with E-state index in [1.807, 2.05) is 111 Å². The molecule has 3 aromatic heterocycles. The summed E-state index contributed by atoms with van der Waals surface area (Å²) in [4.78, 5) is 47.5. The Morgan fingerprint density at radius 2 is 1.65 bits per heavy atom. The molecule has 2 amide bonds. The van der Waals surface area contributed by atoms with Crippen molar-refractivity contribution in [1.82, 2.24) is 25.3 Å². The summed E-state index contributed by atoms with van der Waals surface area (Å²) in [6.07, 6.45) is 0.688. The van der Waals surface area contributed by atoms with E-state index >= 15 is 0 Å². The van der Waals surface area contributed by atoms with E-state index in [2.05, 4.69) is 25.3 Å². The normalized spacial score (nSPS) is 14.4. The molecule has 278 valence electrons. The molecule has 0 saturated heterocycles. The van der Waals surface area contributed by atoms with Gasteiger partial charge in [-0.05, 0) is 44.2 Å². The molecule has 1 aliphatic heterocycles. The number of rotatable bonds is 8. The van der Waals surface area contributed by atoms with Crippen LogP contribution in [0.2, 0.25) is 0 Å². The molecular formula is C42H39N7O5S. The summed E-state index contributed by atoms with van der Waals surface area (Å²) in [6.45, 7) is 3.86. The Morgan fingerprint density at radius 3 is 2.42 bits per heavy atom. The quantitative estimate of drug-likeness (QED) is 0.147. The zero-order valence-electron chi connectivity index (χ0n) is 30.9. The third-order valence-corrected chi connectivity index (χ3v) is 10.5. The Morgan fingerprint density at radius 1 is 0.909 bits per heavy atom. The first-order valence-corrected chi connectivity index (χ1v) is 18.8. The second-order valence-electron chi connectivity index (χ2n) is 12.9. The summed E-state index contributed by atoms with van der Waals surface area (Å²) in [7, 11) is 4.93. The second-order valence-corrected chi connectivity index (χ2v) is 14.2. The first-order valence-electron chi connectivity index (χ1n) is 17.4. The van der Waals surface area contributed by atoms with Gasteiger partial charge in [-0.15, -0.1) is 0 Å². The van der Waals surface area contributed by atoms with Gasteiger partial charge in [0.2, 0.25) is 6.17 Å². The van der Waals surface area contributed by atoms with Crippen molar-refractivity contribution < 1.29 is 23.6 Å². The van der Waals surface area contributed by atoms with Gasteiger partial charge < -0.3 is 29.2 Å². The molecule has 12 nitrogen and oxygen atoms in total. The van der Waals surface area contributed by atoms with Crippen LogP contribution < -0.4 is 19.7 Å². The Labute approximate surface area is 320 Å². The number of H-pyrrole nitrogens is 2. The molecule has 13 heteroatoms. The van der Waals surface area contributed by atoms with Gasteiger partial charge in [-0.3, -0.25) is 19.6 Å². The number of carbonyl (C=O) groups is 2. The number of hydrogen-bond donors (Lipinski definition) is 3. The molecule has 0 fully saturated rings. The average molecular weight is 754 g/mol. The summed E-state index contributed by atoms with van der Waals surface area (Å²) in [5.74, 6) is 1.09. The molecule has 55 heavy (non-hydrogen) atoms. The first-order chi connectivity index (χ1) is 26.6.